The molecule has 23 heavy (non-hydrogen) atoms. The van der Waals surface area contributed by atoms with Crippen molar-refractivity contribution in [1.29, 1.82) is 0 Å². The summed E-state index contributed by atoms with van der Waals surface area (Å²) < 4.78 is 5.89. The number of hydrogen-bond donors (Lipinski definition) is 1. The van der Waals surface area contributed by atoms with Crippen LogP contribution in [0.5, 0.6) is 0 Å². The summed E-state index contributed by atoms with van der Waals surface area (Å²) in [6.45, 7) is 5.41. The molecule has 7 heteroatoms. The van der Waals surface area contributed by atoms with Crippen LogP contribution in [0.3, 0.4) is 0 Å². The van der Waals surface area contributed by atoms with Crippen molar-refractivity contribution in [3.05, 3.63) is 11.3 Å². The van der Waals surface area contributed by atoms with Gasteiger partial charge in [0.25, 0.3) is 0 Å². The molecule has 0 radical (unpaired) electrons. The van der Waals surface area contributed by atoms with E-state index >= 15 is 0 Å². The minimum atomic E-state index is -1.32. The van der Waals surface area contributed by atoms with E-state index in [0.29, 0.717) is 5.57 Å². The van der Waals surface area contributed by atoms with Crippen LogP contribution in [0, 0.1) is 11.8 Å². The number of carboxylic acids is 1. The molecular formula is C16H22KNO5. The van der Waals surface area contributed by atoms with Crippen LogP contribution < -0.4 is 56.5 Å². The van der Waals surface area contributed by atoms with Crippen LogP contribution in [0.4, 0.5) is 0 Å². The second kappa shape index (κ2) is 7.23. The number of β-lactam (4-membered cyclic amide) rings is 1. The number of ether oxygens (including phenoxy) is 1. The Kier molecular flexibility index (Phi) is 6.15. The second-order valence-electron chi connectivity index (χ2n) is 6.77. The Bertz CT molecular complexity index is 545. The first-order valence-electron chi connectivity index (χ1n) is 7.96. The van der Waals surface area contributed by atoms with E-state index in [-0.39, 0.29) is 87.2 Å². The smallest absolute Gasteiger partial charge is 0.543 e. The van der Waals surface area contributed by atoms with Crippen molar-refractivity contribution < 1.29 is 75.9 Å². The molecule has 0 aromatic heterocycles. The van der Waals surface area contributed by atoms with Crippen LogP contribution in [0.25, 0.3) is 0 Å². The van der Waals surface area contributed by atoms with Gasteiger partial charge in [0.1, 0.15) is 0 Å². The Morgan fingerprint density at radius 1 is 1.35 bits per heavy atom. The van der Waals surface area contributed by atoms with E-state index in [4.69, 9.17) is 4.74 Å². The summed E-state index contributed by atoms with van der Waals surface area (Å²) in [5, 5.41) is 21.5. The molecule has 0 aromatic rings. The van der Waals surface area contributed by atoms with Crippen LogP contribution in [-0.2, 0) is 14.3 Å². The summed E-state index contributed by atoms with van der Waals surface area (Å²) in [4.78, 5) is 25.2. The molecule has 1 aliphatic carbocycles. The average molecular weight is 347 g/mol. The van der Waals surface area contributed by atoms with Crippen LogP contribution in [0.2, 0.25) is 0 Å². The number of rotatable bonds is 4. The van der Waals surface area contributed by atoms with E-state index in [1.807, 2.05) is 13.8 Å². The fourth-order valence-corrected chi connectivity index (χ4v) is 4.29. The normalized spacial score (nSPS) is 33.8. The second-order valence-corrected chi connectivity index (χ2v) is 6.77. The summed E-state index contributed by atoms with van der Waals surface area (Å²) in [5.41, 5.74) is 0.684. The first-order valence-corrected chi connectivity index (χ1v) is 7.96. The first kappa shape index (κ1) is 19.6. The molecule has 3 rings (SSSR count). The molecule has 6 nitrogen and oxygen atoms in total. The molecule has 0 spiro atoms. The fraction of sp³-hybridized carbons (Fsp3) is 0.750. The number of amides is 1. The Balaban J connectivity index is 0.00000192. The topological polar surface area (TPSA) is 89.9 Å². The number of aliphatic hydroxyl groups excluding tert-OH is 1. The van der Waals surface area contributed by atoms with Gasteiger partial charge in [-0.15, -0.1) is 0 Å². The largest absolute Gasteiger partial charge is 1.00 e. The van der Waals surface area contributed by atoms with E-state index in [9.17, 15) is 19.8 Å². The summed E-state index contributed by atoms with van der Waals surface area (Å²) in [5.74, 6) is -2.19. The van der Waals surface area contributed by atoms with Crippen molar-refractivity contribution in [3.63, 3.8) is 0 Å². The molecule has 2 aliphatic heterocycles. The van der Waals surface area contributed by atoms with Crippen LogP contribution in [-0.4, -0.2) is 46.2 Å². The Labute approximate surface area is 178 Å². The van der Waals surface area contributed by atoms with Gasteiger partial charge in [-0.1, -0.05) is 0 Å². The van der Waals surface area contributed by atoms with Crippen molar-refractivity contribution in [2.24, 2.45) is 11.8 Å². The SMILES string of the molecule is CC(C)O[C@H]1CCC[C@H]2C1=C(C(=O)[O-])N1C(=O)[C@H](C(C)O)[C@@H]21.[K+]. The van der Waals surface area contributed by atoms with Crippen LogP contribution in [0.15, 0.2) is 11.3 Å². The molecule has 0 aromatic carbocycles. The fourth-order valence-electron chi connectivity index (χ4n) is 4.29. The van der Waals surface area contributed by atoms with Gasteiger partial charge in [-0.3, -0.25) is 4.79 Å². The van der Waals surface area contributed by atoms with Crippen molar-refractivity contribution in [2.45, 2.75) is 64.4 Å². The molecule has 2 fully saturated rings. The van der Waals surface area contributed by atoms with Gasteiger partial charge < -0.3 is 24.6 Å². The first-order chi connectivity index (χ1) is 10.3. The summed E-state index contributed by atoms with van der Waals surface area (Å²) in [6.07, 6.45) is 1.44. The molecule has 1 N–H and O–H groups in total. The van der Waals surface area contributed by atoms with Gasteiger partial charge in [0.2, 0.25) is 5.91 Å². The zero-order chi connectivity index (χ0) is 16.2. The molecule has 0 bridgehead atoms. The summed E-state index contributed by atoms with van der Waals surface area (Å²) in [7, 11) is 0. The Morgan fingerprint density at radius 3 is 2.52 bits per heavy atom. The van der Waals surface area contributed by atoms with Gasteiger partial charge in [-0.05, 0) is 45.6 Å². The van der Waals surface area contributed by atoms with Gasteiger partial charge in [-0.25, -0.2) is 0 Å². The zero-order valence-corrected chi connectivity index (χ0v) is 17.2. The van der Waals surface area contributed by atoms with E-state index in [1.54, 1.807) is 6.92 Å². The quantitative estimate of drug-likeness (QED) is 0.428. The van der Waals surface area contributed by atoms with Crippen LogP contribution in [0.1, 0.15) is 40.0 Å². The number of aliphatic hydroxyl groups is 1. The van der Waals surface area contributed by atoms with Gasteiger partial charge in [0, 0.05) is 5.92 Å². The number of aliphatic carboxylic acids is 1. The number of carbonyl (C=O) groups excluding carboxylic acids is 2. The van der Waals surface area contributed by atoms with E-state index in [2.05, 4.69) is 0 Å². The molecule has 2 heterocycles. The van der Waals surface area contributed by atoms with Gasteiger partial charge >= 0.3 is 51.4 Å². The summed E-state index contributed by atoms with van der Waals surface area (Å²) in [6, 6.07) is -0.256. The third kappa shape index (κ3) is 3.10. The molecule has 122 valence electrons. The minimum absolute atomic E-state index is 0. The molecule has 1 saturated heterocycles. The van der Waals surface area contributed by atoms with Crippen molar-refractivity contribution >= 4 is 11.9 Å². The maximum absolute atomic E-state index is 12.3. The zero-order valence-electron chi connectivity index (χ0n) is 14.1. The molecule has 3 aliphatic rings. The maximum atomic E-state index is 12.3. The third-order valence-electron chi connectivity index (χ3n) is 4.99. The number of fused-ring (bicyclic) bond motifs is 3. The van der Waals surface area contributed by atoms with E-state index < -0.39 is 18.0 Å². The predicted octanol–water partition coefficient (Wildman–Crippen LogP) is -3.19. The third-order valence-corrected chi connectivity index (χ3v) is 4.99. The predicted molar refractivity (Wildman–Crippen MR) is 75.2 cm³/mol. The van der Waals surface area contributed by atoms with E-state index in [0.717, 1.165) is 19.3 Å². The van der Waals surface area contributed by atoms with Gasteiger partial charge in [0.05, 0.1) is 41.9 Å². The number of carboxylic acid groups (broad SMARTS) is 1. The number of carbonyl (C=O) groups is 2. The standard InChI is InChI=1S/C16H23NO5.K/c1-7(2)22-10-6-4-5-9-12(10)14(16(20)21)17-13(9)11(8(3)18)15(17)19;/h7-11,13,18H,4-6H2,1-3H3,(H,20,21);/q;+1/p-1/t8?,9-,10-,11+,13+;/m0./s1. The van der Waals surface area contributed by atoms with Crippen molar-refractivity contribution in [2.75, 3.05) is 0 Å². The molecule has 1 unspecified atom stereocenters. The van der Waals surface area contributed by atoms with Gasteiger partial charge in [0.15, 0.2) is 0 Å². The van der Waals surface area contributed by atoms with E-state index in [1.165, 1.54) is 4.90 Å². The molecule has 1 saturated carbocycles. The number of hydrogen-bond acceptors (Lipinski definition) is 5. The van der Waals surface area contributed by atoms with Crippen molar-refractivity contribution in [1.82, 2.24) is 4.90 Å². The Morgan fingerprint density at radius 2 is 2.00 bits per heavy atom. The molecular weight excluding hydrogens is 325 g/mol. The number of nitrogens with zero attached hydrogens (tertiary/aromatic N) is 1. The maximum Gasteiger partial charge on any atom is 1.00 e. The Hall–Kier alpha value is 0.236. The van der Waals surface area contributed by atoms with Crippen LogP contribution >= 0.6 is 0 Å². The molecule has 1 amide bonds. The minimum Gasteiger partial charge on any atom is -0.543 e. The van der Waals surface area contributed by atoms with Gasteiger partial charge in [-0.2, -0.15) is 0 Å². The monoisotopic (exact) mass is 347 g/mol. The summed E-state index contributed by atoms with van der Waals surface area (Å²) >= 11 is 0. The van der Waals surface area contributed by atoms with Crippen molar-refractivity contribution in [3.8, 4) is 0 Å². The average Bonchev–Trinajstić information content (AvgIpc) is 2.69. The molecule has 5 atom stereocenters.